The van der Waals surface area contributed by atoms with E-state index in [1.165, 1.54) is 11.3 Å². The summed E-state index contributed by atoms with van der Waals surface area (Å²) in [6.45, 7) is 1.72. The standard InChI is InChI=1S/C11H18N6O2S/c12-6-2-4-17(5-6)11-16-9(14)8(20-11)10(19)15-3-1-7(13)18/h6H,1-5,12,14H2,(H2,13,18)(H,15,19). The third-order valence-corrected chi connectivity index (χ3v) is 4.13. The van der Waals surface area contributed by atoms with Crippen LogP contribution in [-0.2, 0) is 4.79 Å². The highest BCUT2D eigenvalue weighted by atomic mass is 32.1. The predicted molar refractivity (Wildman–Crippen MR) is 77.5 cm³/mol. The van der Waals surface area contributed by atoms with Gasteiger partial charge >= 0.3 is 0 Å². The van der Waals surface area contributed by atoms with Crippen LogP contribution in [0.4, 0.5) is 10.9 Å². The number of amides is 2. The topological polar surface area (TPSA) is 140 Å². The lowest BCUT2D eigenvalue weighted by atomic mass is 10.3. The number of rotatable bonds is 5. The highest BCUT2D eigenvalue weighted by molar-refractivity contribution is 7.18. The van der Waals surface area contributed by atoms with Gasteiger partial charge in [-0.05, 0) is 6.42 Å². The van der Waals surface area contributed by atoms with Crippen LogP contribution in [-0.4, -0.2) is 42.5 Å². The number of thiazole rings is 1. The van der Waals surface area contributed by atoms with Gasteiger partial charge < -0.3 is 27.4 Å². The highest BCUT2D eigenvalue weighted by Gasteiger charge is 2.24. The van der Waals surface area contributed by atoms with Gasteiger partial charge in [0.1, 0.15) is 10.7 Å². The fraction of sp³-hybridized carbons (Fsp3) is 0.545. The van der Waals surface area contributed by atoms with E-state index in [0.717, 1.165) is 19.5 Å². The van der Waals surface area contributed by atoms with Crippen molar-refractivity contribution in [3.05, 3.63) is 4.88 Å². The molecule has 8 nitrogen and oxygen atoms in total. The molecule has 2 rings (SSSR count). The molecule has 0 radical (unpaired) electrons. The molecule has 0 aliphatic carbocycles. The quantitative estimate of drug-likeness (QED) is 0.542. The van der Waals surface area contributed by atoms with Gasteiger partial charge in [0.05, 0.1) is 0 Å². The van der Waals surface area contributed by atoms with Crippen molar-refractivity contribution in [2.75, 3.05) is 30.3 Å². The van der Waals surface area contributed by atoms with Crippen LogP contribution in [0.2, 0.25) is 0 Å². The Balaban J connectivity index is 2.00. The number of nitrogen functional groups attached to an aromatic ring is 1. The van der Waals surface area contributed by atoms with Crippen molar-refractivity contribution in [2.24, 2.45) is 11.5 Å². The zero-order chi connectivity index (χ0) is 14.7. The Morgan fingerprint density at radius 1 is 1.50 bits per heavy atom. The largest absolute Gasteiger partial charge is 0.382 e. The summed E-state index contributed by atoms with van der Waals surface area (Å²) in [5.74, 6) is -0.604. The van der Waals surface area contributed by atoms with Gasteiger partial charge in [0.25, 0.3) is 5.91 Å². The lowest BCUT2D eigenvalue weighted by Crippen LogP contribution is -2.27. The number of carbonyl (C=O) groups excluding carboxylic acids is 2. The second-order valence-electron chi connectivity index (χ2n) is 4.68. The molecule has 2 heterocycles. The molecule has 1 aliphatic rings. The van der Waals surface area contributed by atoms with E-state index in [1.54, 1.807) is 0 Å². The second kappa shape index (κ2) is 6.06. The summed E-state index contributed by atoms with van der Waals surface area (Å²) < 4.78 is 0. The number of nitrogens with two attached hydrogens (primary N) is 3. The summed E-state index contributed by atoms with van der Waals surface area (Å²) in [6, 6.07) is 0.132. The van der Waals surface area contributed by atoms with Gasteiger partial charge in [0.15, 0.2) is 5.13 Å². The fourth-order valence-electron chi connectivity index (χ4n) is 1.96. The van der Waals surface area contributed by atoms with Crippen molar-refractivity contribution in [2.45, 2.75) is 18.9 Å². The van der Waals surface area contributed by atoms with E-state index in [2.05, 4.69) is 10.3 Å². The van der Waals surface area contributed by atoms with Crippen LogP contribution in [0.3, 0.4) is 0 Å². The van der Waals surface area contributed by atoms with Gasteiger partial charge in [0.2, 0.25) is 5.91 Å². The fourth-order valence-corrected chi connectivity index (χ4v) is 2.90. The highest BCUT2D eigenvalue weighted by Crippen LogP contribution is 2.30. The molecule has 9 heteroatoms. The Morgan fingerprint density at radius 3 is 2.85 bits per heavy atom. The number of nitrogens with one attached hydrogen (secondary N) is 1. The van der Waals surface area contributed by atoms with E-state index in [1.807, 2.05) is 4.90 Å². The van der Waals surface area contributed by atoms with E-state index in [0.29, 0.717) is 10.0 Å². The van der Waals surface area contributed by atoms with E-state index >= 15 is 0 Å². The Bertz CT molecular complexity index is 517. The van der Waals surface area contributed by atoms with Crippen LogP contribution in [0.15, 0.2) is 0 Å². The molecule has 1 unspecified atom stereocenters. The summed E-state index contributed by atoms with van der Waals surface area (Å²) in [4.78, 5) is 29.1. The van der Waals surface area contributed by atoms with E-state index in [9.17, 15) is 9.59 Å². The molecular weight excluding hydrogens is 280 g/mol. The van der Waals surface area contributed by atoms with Crippen molar-refractivity contribution >= 4 is 34.1 Å². The molecule has 0 saturated carbocycles. The average molecular weight is 298 g/mol. The average Bonchev–Trinajstić information content (AvgIpc) is 2.95. The first-order valence-electron chi connectivity index (χ1n) is 6.30. The number of hydrogen-bond acceptors (Lipinski definition) is 7. The first-order chi connectivity index (χ1) is 9.47. The SMILES string of the molecule is NC(=O)CCNC(=O)c1sc(N2CCC(N)C2)nc1N. The van der Waals surface area contributed by atoms with Crippen molar-refractivity contribution in [3.8, 4) is 0 Å². The molecule has 7 N–H and O–H groups in total. The van der Waals surface area contributed by atoms with Crippen molar-refractivity contribution < 1.29 is 9.59 Å². The maximum absolute atomic E-state index is 11.9. The lowest BCUT2D eigenvalue weighted by Gasteiger charge is -2.12. The van der Waals surface area contributed by atoms with Gasteiger partial charge in [0, 0.05) is 32.1 Å². The van der Waals surface area contributed by atoms with Crippen LogP contribution in [0.25, 0.3) is 0 Å². The molecule has 1 saturated heterocycles. The molecule has 0 aromatic carbocycles. The van der Waals surface area contributed by atoms with Crippen molar-refractivity contribution in [1.82, 2.24) is 10.3 Å². The van der Waals surface area contributed by atoms with Gasteiger partial charge in [-0.1, -0.05) is 11.3 Å². The lowest BCUT2D eigenvalue weighted by molar-refractivity contribution is -0.117. The van der Waals surface area contributed by atoms with Crippen LogP contribution in [0, 0.1) is 0 Å². The number of primary amides is 1. The molecule has 20 heavy (non-hydrogen) atoms. The Hall–Kier alpha value is -1.87. The van der Waals surface area contributed by atoms with Crippen LogP contribution >= 0.6 is 11.3 Å². The first-order valence-corrected chi connectivity index (χ1v) is 7.12. The summed E-state index contributed by atoms with van der Waals surface area (Å²) in [7, 11) is 0. The van der Waals surface area contributed by atoms with Crippen molar-refractivity contribution in [1.29, 1.82) is 0 Å². The van der Waals surface area contributed by atoms with Crippen molar-refractivity contribution in [3.63, 3.8) is 0 Å². The molecule has 1 aromatic heterocycles. The molecule has 2 amide bonds. The smallest absolute Gasteiger partial charge is 0.265 e. The molecule has 1 atom stereocenters. The predicted octanol–water partition coefficient (Wildman–Crippen LogP) is -1.13. The molecule has 0 bridgehead atoms. The summed E-state index contributed by atoms with van der Waals surface area (Å²) >= 11 is 1.23. The minimum Gasteiger partial charge on any atom is -0.382 e. The maximum Gasteiger partial charge on any atom is 0.265 e. The Labute approximate surface area is 120 Å². The van der Waals surface area contributed by atoms with Crippen LogP contribution < -0.4 is 27.4 Å². The van der Waals surface area contributed by atoms with Gasteiger partial charge in [-0.3, -0.25) is 9.59 Å². The summed E-state index contributed by atoms with van der Waals surface area (Å²) in [6.07, 6.45) is 0.998. The number of aromatic nitrogens is 1. The monoisotopic (exact) mass is 298 g/mol. The van der Waals surface area contributed by atoms with E-state index in [-0.39, 0.29) is 30.7 Å². The van der Waals surface area contributed by atoms with Crippen LogP contribution in [0.5, 0.6) is 0 Å². The van der Waals surface area contributed by atoms with E-state index < -0.39 is 5.91 Å². The minimum atomic E-state index is -0.464. The number of hydrogen-bond donors (Lipinski definition) is 4. The molecule has 0 spiro atoms. The summed E-state index contributed by atoms with van der Waals surface area (Å²) in [5.41, 5.74) is 16.6. The van der Waals surface area contributed by atoms with Gasteiger partial charge in [-0.2, -0.15) is 0 Å². The Kier molecular flexibility index (Phi) is 4.40. The zero-order valence-electron chi connectivity index (χ0n) is 11.0. The molecular formula is C11H18N6O2S. The first kappa shape index (κ1) is 14.5. The van der Waals surface area contributed by atoms with Gasteiger partial charge in [-0.15, -0.1) is 0 Å². The number of nitrogens with zero attached hydrogens (tertiary/aromatic N) is 2. The Morgan fingerprint density at radius 2 is 2.25 bits per heavy atom. The normalized spacial score (nSPS) is 18.2. The third kappa shape index (κ3) is 3.36. The minimum absolute atomic E-state index is 0.0955. The molecule has 1 fully saturated rings. The maximum atomic E-state index is 11.9. The molecule has 110 valence electrons. The van der Waals surface area contributed by atoms with Crippen LogP contribution in [0.1, 0.15) is 22.5 Å². The third-order valence-electron chi connectivity index (χ3n) is 3.00. The second-order valence-corrected chi connectivity index (χ2v) is 5.66. The zero-order valence-corrected chi connectivity index (χ0v) is 11.8. The number of carbonyl (C=O) groups is 2. The number of anilines is 2. The van der Waals surface area contributed by atoms with Gasteiger partial charge in [-0.25, -0.2) is 4.98 Å². The van der Waals surface area contributed by atoms with E-state index in [4.69, 9.17) is 17.2 Å². The summed E-state index contributed by atoms with van der Waals surface area (Å²) in [5, 5.41) is 3.30. The molecule has 1 aliphatic heterocycles. The molecule has 1 aromatic rings.